The van der Waals surface area contributed by atoms with Crippen LogP contribution in [0.5, 0.6) is 0 Å². The first kappa shape index (κ1) is 17.2. The van der Waals surface area contributed by atoms with Gasteiger partial charge in [0.15, 0.2) is 0 Å². The average Bonchev–Trinajstić information content (AvgIpc) is 2.45. The summed E-state index contributed by atoms with van der Waals surface area (Å²) in [6, 6.07) is 6.86. The van der Waals surface area contributed by atoms with Crippen molar-refractivity contribution >= 4 is 0 Å². The van der Waals surface area contributed by atoms with Crippen molar-refractivity contribution in [1.29, 1.82) is 0 Å². The van der Waals surface area contributed by atoms with Gasteiger partial charge in [-0.25, -0.2) is 0 Å². The van der Waals surface area contributed by atoms with E-state index in [1.165, 1.54) is 16.7 Å². The van der Waals surface area contributed by atoms with E-state index in [4.69, 9.17) is 9.47 Å². The topological polar surface area (TPSA) is 30.5 Å². The van der Waals surface area contributed by atoms with E-state index in [1.807, 2.05) is 6.92 Å². The summed E-state index contributed by atoms with van der Waals surface area (Å²) in [5.41, 5.74) is 3.95. The SMILES string of the molecule is CCCNC(COCCOCC)c1cc(C)ccc1C. The van der Waals surface area contributed by atoms with Gasteiger partial charge in [-0.15, -0.1) is 0 Å². The molecule has 1 atom stereocenters. The number of nitrogens with one attached hydrogen (secondary N) is 1. The molecule has 1 aromatic carbocycles. The van der Waals surface area contributed by atoms with Gasteiger partial charge in [-0.1, -0.05) is 30.7 Å². The molecular weight excluding hydrogens is 250 g/mol. The molecular formula is C17H29NO2. The van der Waals surface area contributed by atoms with Crippen LogP contribution < -0.4 is 5.32 Å². The van der Waals surface area contributed by atoms with Crippen LogP contribution in [-0.2, 0) is 9.47 Å². The quantitative estimate of drug-likeness (QED) is 0.666. The van der Waals surface area contributed by atoms with Crippen molar-refractivity contribution in [3.63, 3.8) is 0 Å². The summed E-state index contributed by atoms with van der Waals surface area (Å²) in [4.78, 5) is 0. The van der Waals surface area contributed by atoms with E-state index in [-0.39, 0.29) is 6.04 Å². The minimum absolute atomic E-state index is 0.261. The molecule has 0 aliphatic rings. The maximum absolute atomic E-state index is 5.76. The number of hydrogen-bond donors (Lipinski definition) is 1. The first-order valence-electron chi connectivity index (χ1n) is 7.65. The number of rotatable bonds is 10. The molecule has 0 aliphatic carbocycles. The fourth-order valence-corrected chi connectivity index (χ4v) is 2.18. The minimum Gasteiger partial charge on any atom is -0.379 e. The van der Waals surface area contributed by atoms with Crippen LogP contribution in [0.15, 0.2) is 18.2 Å². The predicted octanol–water partition coefficient (Wildman–Crippen LogP) is 3.40. The largest absolute Gasteiger partial charge is 0.379 e. The van der Waals surface area contributed by atoms with Crippen LogP contribution >= 0.6 is 0 Å². The van der Waals surface area contributed by atoms with Crippen LogP contribution in [0, 0.1) is 13.8 Å². The third-order valence-electron chi connectivity index (χ3n) is 3.31. The molecule has 20 heavy (non-hydrogen) atoms. The van der Waals surface area contributed by atoms with Crippen LogP contribution in [0.3, 0.4) is 0 Å². The van der Waals surface area contributed by atoms with Gasteiger partial charge in [-0.2, -0.15) is 0 Å². The molecule has 0 aromatic heterocycles. The molecule has 0 saturated heterocycles. The Kier molecular flexibility index (Phi) is 8.51. The summed E-state index contributed by atoms with van der Waals surface area (Å²) >= 11 is 0. The fraction of sp³-hybridized carbons (Fsp3) is 0.647. The molecule has 0 spiro atoms. The van der Waals surface area contributed by atoms with Gasteiger partial charge in [0.25, 0.3) is 0 Å². The molecule has 1 rings (SSSR count). The summed E-state index contributed by atoms with van der Waals surface area (Å²) in [6.45, 7) is 12.3. The first-order chi connectivity index (χ1) is 9.69. The second-order valence-corrected chi connectivity index (χ2v) is 5.14. The van der Waals surface area contributed by atoms with Gasteiger partial charge < -0.3 is 14.8 Å². The average molecular weight is 279 g/mol. The number of hydrogen-bond acceptors (Lipinski definition) is 3. The lowest BCUT2D eigenvalue weighted by Gasteiger charge is -2.21. The van der Waals surface area contributed by atoms with Crippen molar-refractivity contribution in [2.75, 3.05) is 33.0 Å². The molecule has 0 bridgehead atoms. The van der Waals surface area contributed by atoms with E-state index in [9.17, 15) is 0 Å². The van der Waals surface area contributed by atoms with Gasteiger partial charge in [-0.3, -0.25) is 0 Å². The van der Waals surface area contributed by atoms with E-state index in [2.05, 4.69) is 44.3 Å². The van der Waals surface area contributed by atoms with Gasteiger partial charge in [0, 0.05) is 6.61 Å². The zero-order valence-corrected chi connectivity index (χ0v) is 13.4. The van der Waals surface area contributed by atoms with E-state index in [0.717, 1.165) is 19.6 Å². The van der Waals surface area contributed by atoms with Crippen molar-refractivity contribution in [3.8, 4) is 0 Å². The van der Waals surface area contributed by atoms with Crippen LogP contribution in [0.2, 0.25) is 0 Å². The van der Waals surface area contributed by atoms with E-state index in [0.29, 0.717) is 19.8 Å². The molecule has 1 aromatic rings. The summed E-state index contributed by atoms with van der Waals surface area (Å²) < 4.78 is 11.1. The van der Waals surface area contributed by atoms with E-state index < -0.39 is 0 Å². The van der Waals surface area contributed by atoms with E-state index in [1.54, 1.807) is 0 Å². The molecule has 1 unspecified atom stereocenters. The molecule has 0 saturated carbocycles. The van der Waals surface area contributed by atoms with Crippen molar-refractivity contribution in [2.45, 2.75) is 40.2 Å². The highest BCUT2D eigenvalue weighted by atomic mass is 16.5. The summed E-state index contributed by atoms with van der Waals surface area (Å²) in [5.74, 6) is 0. The fourth-order valence-electron chi connectivity index (χ4n) is 2.18. The summed E-state index contributed by atoms with van der Waals surface area (Å²) in [7, 11) is 0. The Bertz CT molecular complexity index is 379. The highest BCUT2D eigenvalue weighted by molar-refractivity contribution is 5.33. The third kappa shape index (κ3) is 6.04. The van der Waals surface area contributed by atoms with Gasteiger partial charge >= 0.3 is 0 Å². The Labute approximate surface area is 123 Å². The van der Waals surface area contributed by atoms with Crippen molar-refractivity contribution in [3.05, 3.63) is 34.9 Å². The van der Waals surface area contributed by atoms with Crippen molar-refractivity contribution in [1.82, 2.24) is 5.32 Å². The number of aryl methyl sites for hydroxylation is 2. The second-order valence-electron chi connectivity index (χ2n) is 5.14. The highest BCUT2D eigenvalue weighted by Gasteiger charge is 2.13. The Hall–Kier alpha value is -0.900. The summed E-state index contributed by atoms with van der Waals surface area (Å²) in [6.07, 6.45) is 1.13. The molecule has 0 fully saturated rings. The zero-order chi connectivity index (χ0) is 14.8. The number of ether oxygens (including phenoxy) is 2. The Morgan fingerprint density at radius 2 is 1.85 bits per heavy atom. The Morgan fingerprint density at radius 1 is 1.10 bits per heavy atom. The highest BCUT2D eigenvalue weighted by Crippen LogP contribution is 2.19. The summed E-state index contributed by atoms with van der Waals surface area (Å²) in [5, 5.41) is 3.58. The maximum atomic E-state index is 5.76. The standard InChI is InChI=1S/C17H29NO2/c1-5-9-18-17(13-20-11-10-19-6-2)16-12-14(3)7-8-15(16)4/h7-8,12,17-18H,5-6,9-11,13H2,1-4H3. The lowest BCUT2D eigenvalue weighted by atomic mass is 9.99. The van der Waals surface area contributed by atoms with Crippen molar-refractivity contribution in [2.24, 2.45) is 0 Å². The minimum atomic E-state index is 0.261. The smallest absolute Gasteiger partial charge is 0.0701 e. The molecule has 0 amide bonds. The van der Waals surface area contributed by atoms with Gasteiger partial charge in [0.2, 0.25) is 0 Å². The maximum Gasteiger partial charge on any atom is 0.0701 e. The van der Waals surface area contributed by atoms with Crippen molar-refractivity contribution < 1.29 is 9.47 Å². The van der Waals surface area contributed by atoms with Gasteiger partial charge in [-0.05, 0) is 44.9 Å². The monoisotopic (exact) mass is 279 g/mol. The van der Waals surface area contributed by atoms with Gasteiger partial charge in [0.05, 0.1) is 25.9 Å². The van der Waals surface area contributed by atoms with E-state index >= 15 is 0 Å². The lowest BCUT2D eigenvalue weighted by molar-refractivity contribution is 0.0433. The first-order valence-corrected chi connectivity index (χ1v) is 7.65. The molecule has 0 aliphatic heterocycles. The molecule has 114 valence electrons. The zero-order valence-electron chi connectivity index (χ0n) is 13.4. The Balaban J connectivity index is 2.60. The predicted molar refractivity (Wildman–Crippen MR) is 84.3 cm³/mol. The Morgan fingerprint density at radius 3 is 2.55 bits per heavy atom. The lowest BCUT2D eigenvalue weighted by Crippen LogP contribution is -2.27. The molecule has 3 heteroatoms. The third-order valence-corrected chi connectivity index (χ3v) is 3.31. The molecule has 0 radical (unpaired) electrons. The molecule has 0 heterocycles. The van der Waals surface area contributed by atoms with Crippen LogP contribution in [0.1, 0.15) is 43.0 Å². The molecule has 1 N–H and O–H groups in total. The second kappa shape index (κ2) is 9.92. The van der Waals surface area contributed by atoms with Crippen LogP contribution in [0.25, 0.3) is 0 Å². The van der Waals surface area contributed by atoms with Gasteiger partial charge in [0.1, 0.15) is 0 Å². The normalized spacial score (nSPS) is 12.6. The number of benzene rings is 1. The van der Waals surface area contributed by atoms with Crippen LogP contribution in [0.4, 0.5) is 0 Å². The van der Waals surface area contributed by atoms with Crippen LogP contribution in [-0.4, -0.2) is 33.0 Å². The molecule has 3 nitrogen and oxygen atoms in total.